The summed E-state index contributed by atoms with van der Waals surface area (Å²) in [6.45, 7) is 4.40. The molecule has 0 spiro atoms. The van der Waals surface area contributed by atoms with Crippen LogP contribution in [0.25, 0.3) is 0 Å². The van der Waals surface area contributed by atoms with Crippen LogP contribution < -0.4 is 5.32 Å². The Labute approximate surface area is 164 Å². The predicted molar refractivity (Wildman–Crippen MR) is 108 cm³/mol. The normalized spacial score (nSPS) is 19.0. The summed E-state index contributed by atoms with van der Waals surface area (Å²) in [6, 6.07) is 10.3. The van der Waals surface area contributed by atoms with Crippen molar-refractivity contribution in [3.8, 4) is 0 Å². The Kier molecular flexibility index (Phi) is 5.30. The standard InChI is InChI=1S/C22H26N2O2S/c1-15-5-4-6-16(11-15)14-23-21(25)17-7-8-19-18(12-17)13-20(27-19)22(26)24-9-2-3-10-24/h4-6,11,13,17H,2-3,7-10,12,14H2,1H3,(H,23,25)/t17-/m1/s1. The monoisotopic (exact) mass is 382 g/mol. The summed E-state index contributed by atoms with van der Waals surface area (Å²) in [5, 5.41) is 3.09. The van der Waals surface area contributed by atoms with Crippen molar-refractivity contribution in [2.75, 3.05) is 13.1 Å². The Bertz CT molecular complexity index is 852. The van der Waals surface area contributed by atoms with E-state index in [1.807, 2.05) is 23.1 Å². The van der Waals surface area contributed by atoms with Gasteiger partial charge in [0.2, 0.25) is 5.91 Å². The Morgan fingerprint density at radius 3 is 2.81 bits per heavy atom. The molecule has 4 rings (SSSR count). The van der Waals surface area contributed by atoms with Crippen molar-refractivity contribution < 1.29 is 9.59 Å². The Hall–Kier alpha value is -2.14. The van der Waals surface area contributed by atoms with E-state index in [0.717, 1.165) is 55.6 Å². The lowest BCUT2D eigenvalue weighted by molar-refractivity contribution is -0.125. The van der Waals surface area contributed by atoms with Crippen LogP contribution in [0.1, 0.15) is 50.5 Å². The molecule has 2 heterocycles. The molecule has 1 aromatic carbocycles. The van der Waals surface area contributed by atoms with Gasteiger partial charge in [-0.05, 0) is 56.2 Å². The van der Waals surface area contributed by atoms with E-state index in [0.29, 0.717) is 6.54 Å². The Morgan fingerprint density at radius 1 is 1.22 bits per heavy atom. The van der Waals surface area contributed by atoms with E-state index in [1.54, 1.807) is 11.3 Å². The quantitative estimate of drug-likeness (QED) is 0.876. The number of hydrogen-bond acceptors (Lipinski definition) is 3. The first kappa shape index (κ1) is 18.2. The number of rotatable bonds is 4. The van der Waals surface area contributed by atoms with Crippen LogP contribution in [0, 0.1) is 12.8 Å². The summed E-state index contributed by atoms with van der Waals surface area (Å²) in [5.74, 6) is 0.305. The second-order valence-corrected chi connectivity index (χ2v) is 8.84. The largest absolute Gasteiger partial charge is 0.352 e. The van der Waals surface area contributed by atoms with Gasteiger partial charge in [-0.1, -0.05) is 29.8 Å². The fraction of sp³-hybridized carbons (Fsp3) is 0.455. The first-order valence-electron chi connectivity index (χ1n) is 9.84. The van der Waals surface area contributed by atoms with Gasteiger partial charge in [-0.2, -0.15) is 0 Å². The first-order chi connectivity index (χ1) is 13.1. The maximum absolute atomic E-state index is 12.6. The first-order valence-corrected chi connectivity index (χ1v) is 10.7. The van der Waals surface area contributed by atoms with E-state index in [1.165, 1.54) is 16.0 Å². The van der Waals surface area contributed by atoms with Crippen LogP contribution in [0.15, 0.2) is 30.3 Å². The van der Waals surface area contributed by atoms with Gasteiger partial charge in [0.15, 0.2) is 0 Å². The smallest absolute Gasteiger partial charge is 0.263 e. The highest BCUT2D eigenvalue weighted by atomic mass is 32.1. The van der Waals surface area contributed by atoms with Gasteiger partial charge in [0.25, 0.3) is 5.91 Å². The number of thiophene rings is 1. The van der Waals surface area contributed by atoms with Gasteiger partial charge in [-0.3, -0.25) is 9.59 Å². The molecular formula is C22H26N2O2S. The minimum atomic E-state index is 0.00616. The van der Waals surface area contributed by atoms with Crippen molar-refractivity contribution >= 4 is 23.2 Å². The second kappa shape index (κ2) is 7.85. The third kappa shape index (κ3) is 4.08. The molecule has 4 nitrogen and oxygen atoms in total. The van der Waals surface area contributed by atoms with E-state index >= 15 is 0 Å². The number of benzene rings is 1. The molecule has 1 N–H and O–H groups in total. The highest BCUT2D eigenvalue weighted by Crippen LogP contribution is 2.33. The fourth-order valence-electron chi connectivity index (χ4n) is 4.08. The van der Waals surface area contributed by atoms with Crippen molar-refractivity contribution in [2.45, 2.75) is 45.6 Å². The maximum Gasteiger partial charge on any atom is 0.263 e. The number of nitrogens with zero attached hydrogens (tertiary/aromatic N) is 1. The zero-order valence-corrected chi connectivity index (χ0v) is 16.6. The lowest BCUT2D eigenvalue weighted by Gasteiger charge is -2.21. The third-order valence-electron chi connectivity index (χ3n) is 5.61. The molecule has 0 radical (unpaired) electrons. The molecule has 0 unspecified atom stereocenters. The van der Waals surface area contributed by atoms with E-state index in [9.17, 15) is 9.59 Å². The summed E-state index contributed by atoms with van der Waals surface area (Å²) in [7, 11) is 0. The predicted octanol–water partition coefficient (Wildman–Crippen LogP) is 3.71. The van der Waals surface area contributed by atoms with Crippen LogP contribution in [-0.2, 0) is 24.2 Å². The minimum Gasteiger partial charge on any atom is -0.352 e. The molecule has 0 saturated carbocycles. The Morgan fingerprint density at radius 2 is 2.04 bits per heavy atom. The van der Waals surface area contributed by atoms with Gasteiger partial charge in [0.1, 0.15) is 0 Å². The van der Waals surface area contributed by atoms with Gasteiger partial charge in [-0.15, -0.1) is 11.3 Å². The molecule has 1 atom stereocenters. The highest BCUT2D eigenvalue weighted by molar-refractivity contribution is 7.14. The Balaban J connectivity index is 1.37. The van der Waals surface area contributed by atoms with Gasteiger partial charge < -0.3 is 10.2 Å². The van der Waals surface area contributed by atoms with Gasteiger partial charge >= 0.3 is 0 Å². The number of likely N-dealkylation sites (tertiary alicyclic amines) is 1. The number of hydrogen-bond donors (Lipinski definition) is 1. The van der Waals surface area contributed by atoms with E-state index in [2.05, 4.69) is 24.4 Å². The summed E-state index contributed by atoms with van der Waals surface area (Å²) in [5.41, 5.74) is 3.54. The SMILES string of the molecule is Cc1cccc(CNC(=O)[C@@H]2CCc3sc(C(=O)N4CCCC4)cc3C2)c1. The molecule has 1 saturated heterocycles. The van der Waals surface area contributed by atoms with Crippen LogP contribution in [0.5, 0.6) is 0 Å². The van der Waals surface area contributed by atoms with Gasteiger partial charge in [-0.25, -0.2) is 0 Å². The zero-order valence-electron chi connectivity index (χ0n) is 15.8. The summed E-state index contributed by atoms with van der Waals surface area (Å²) < 4.78 is 0. The molecule has 1 fully saturated rings. The van der Waals surface area contributed by atoms with Gasteiger partial charge in [0, 0.05) is 30.4 Å². The highest BCUT2D eigenvalue weighted by Gasteiger charge is 2.29. The molecule has 0 bridgehead atoms. The van der Waals surface area contributed by atoms with Gasteiger partial charge in [0.05, 0.1) is 4.88 Å². The fourth-order valence-corrected chi connectivity index (χ4v) is 5.26. The van der Waals surface area contributed by atoms with Crippen molar-refractivity contribution in [1.82, 2.24) is 10.2 Å². The second-order valence-electron chi connectivity index (χ2n) is 7.70. The van der Waals surface area contributed by atoms with Crippen LogP contribution in [0.3, 0.4) is 0 Å². The molecule has 2 aromatic rings. The van der Waals surface area contributed by atoms with Crippen LogP contribution in [0.4, 0.5) is 0 Å². The van der Waals surface area contributed by atoms with E-state index < -0.39 is 0 Å². The summed E-state index contributed by atoms with van der Waals surface area (Å²) in [4.78, 5) is 29.4. The molecule has 142 valence electrons. The topological polar surface area (TPSA) is 49.4 Å². The van der Waals surface area contributed by atoms with E-state index in [-0.39, 0.29) is 17.7 Å². The van der Waals surface area contributed by atoms with Crippen LogP contribution in [-0.4, -0.2) is 29.8 Å². The average Bonchev–Trinajstić information content (AvgIpc) is 3.34. The molecular weight excluding hydrogens is 356 g/mol. The number of fused-ring (bicyclic) bond motifs is 1. The minimum absolute atomic E-state index is 0.00616. The molecule has 1 aliphatic carbocycles. The number of aryl methyl sites for hydroxylation is 2. The summed E-state index contributed by atoms with van der Waals surface area (Å²) >= 11 is 1.63. The molecule has 1 aromatic heterocycles. The van der Waals surface area contributed by atoms with Crippen LogP contribution >= 0.6 is 11.3 Å². The molecule has 2 amide bonds. The van der Waals surface area contributed by atoms with Crippen molar-refractivity contribution in [1.29, 1.82) is 0 Å². The molecule has 5 heteroatoms. The number of nitrogens with one attached hydrogen (secondary N) is 1. The van der Waals surface area contributed by atoms with E-state index in [4.69, 9.17) is 0 Å². The average molecular weight is 383 g/mol. The van der Waals surface area contributed by atoms with Crippen LogP contribution in [0.2, 0.25) is 0 Å². The zero-order chi connectivity index (χ0) is 18.8. The molecule has 27 heavy (non-hydrogen) atoms. The number of carbonyl (C=O) groups is 2. The number of carbonyl (C=O) groups excluding carboxylic acids is 2. The lowest BCUT2D eigenvalue weighted by atomic mass is 9.87. The van der Waals surface area contributed by atoms with Crippen molar-refractivity contribution in [3.05, 3.63) is 56.8 Å². The number of amides is 2. The van der Waals surface area contributed by atoms with Crippen molar-refractivity contribution in [2.24, 2.45) is 5.92 Å². The summed E-state index contributed by atoms with van der Waals surface area (Å²) in [6.07, 6.45) is 4.74. The maximum atomic E-state index is 12.6. The molecule has 1 aliphatic heterocycles. The lowest BCUT2D eigenvalue weighted by Crippen LogP contribution is -2.33. The van der Waals surface area contributed by atoms with Crippen molar-refractivity contribution in [3.63, 3.8) is 0 Å². The third-order valence-corrected chi connectivity index (χ3v) is 6.83. The molecule has 2 aliphatic rings.